The van der Waals surface area contributed by atoms with Crippen LogP contribution in [0.4, 0.5) is 0 Å². The molecule has 0 fully saturated rings. The number of nitrogens with zero attached hydrogens (tertiary/aromatic N) is 1. The van der Waals surface area contributed by atoms with Crippen molar-refractivity contribution in [3.8, 4) is 11.5 Å². The molecule has 0 saturated carbocycles. The Hall–Kier alpha value is -3.71. The fourth-order valence-electron chi connectivity index (χ4n) is 3.10. The van der Waals surface area contributed by atoms with Crippen LogP contribution in [-0.4, -0.2) is 24.9 Å². The third kappa shape index (κ3) is 4.78. The summed E-state index contributed by atoms with van der Waals surface area (Å²) in [6.45, 7) is 1.90. The molecule has 3 aromatic rings. The highest BCUT2D eigenvalue weighted by atomic mass is 79.9. The molecular formula is C25H18BrNO5. The molecular weight excluding hydrogens is 474 g/mol. The molecule has 0 N–H and O–H groups in total. The van der Waals surface area contributed by atoms with Crippen LogP contribution in [0, 0.1) is 6.92 Å². The number of carbonyl (C=O) groups excluding carboxylic acids is 2. The van der Waals surface area contributed by atoms with Gasteiger partial charge < -0.3 is 14.2 Å². The second-order valence-electron chi connectivity index (χ2n) is 7.02. The Morgan fingerprint density at radius 3 is 2.59 bits per heavy atom. The van der Waals surface area contributed by atoms with Crippen molar-refractivity contribution in [3.63, 3.8) is 0 Å². The second kappa shape index (κ2) is 9.20. The molecule has 3 aromatic carbocycles. The van der Waals surface area contributed by atoms with E-state index in [1.165, 1.54) is 7.11 Å². The van der Waals surface area contributed by atoms with Gasteiger partial charge in [0.25, 0.3) is 0 Å². The lowest BCUT2D eigenvalue weighted by molar-refractivity contribution is -0.129. The standard InChI is InChI=1S/C25H18BrNO5/c1-15-5-3-7-18(11-15)24(28)31-21-10-9-16(13-22(21)30-2)12-20-25(29)32-23(27-20)17-6-4-8-19(26)14-17/h3-14H,1-2H3/b20-12-. The maximum Gasteiger partial charge on any atom is 0.363 e. The lowest BCUT2D eigenvalue weighted by atomic mass is 10.1. The van der Waals surface area contributed by atoms with E-state index in [9.17, 15) is 9.59 Å². The van der Waals surface area contributed by atoms with E-state index < -0.39 is 11.9 Å². The van der Waals surface area contributed by atoms with E-state index in [2.05, 4.69) is 20.9 Å². The summed E-state index contributed by atoms with van der Waals surface area (Å²) in [5.74, 6) is -0.177. The molecule has 0 amide bonds. The van der Waals surface area contributed by atoms with Crippen molar-refractivity contribution in [2.75, 3.05) is 7.11 Å². The van der Waals surface area contributed by atoms with Gasteiger partial charge in [-0.25, -0.2) is 14.6 Å². The Morgan fingerprint density at radius 2 is 1.84 bits per heavy atom. The SMILES string of the molecule is COc1cc(/C=C2\N=C(c3cccc(Br)c3)OC2=O)ccc1OC(=O)c1cccc(C)c1. The Kier molecular flexibility index (Phi) is 6.18. The fourth-order valence-corrected chi connectivity index (χ4v) is 3.50. The number of cyclic esters (lactones) is 1. The first-order valence-electron chi connectivity index (χ1n) is 9.68. The Labute approximate surface area is 193 Å². The summed E-state index contributed by atoms with van der Waals surface area (Å²) in [6.07, 6.45) is 1.59. The molecule has 0 aromatic heterocycles. The van der Waals surface area contributed by atoms with Gasteiger partial charge in [-0.1, -0.05) is 45.8 Å². The predicted octanol–water partition coefficient (Wildman–Crippen LogP) is 5.33. The van der Waals surface area contributed by atoms with Gasteiger partial charge in [0, 0.05) is 10.0 Å². The zero-order valence-corrected chi connectivity index (χ0v) is 18.9. The van der Waals surface area contributed by atoms with Crippen LogP contribution in [0.3, 0.4) is 0 Å². The summed E-state index contributed by atoms with van der Waals surface area (Å²) in [7, 11) is 1.48. The van der Waals surface area contributed by atoms with Crippen LogP contribution in [0.2, 0.25) is 0 Å². The molecule has 0 radical (unpaired) electrons. The smallest absolute Gasteiger partial charge is 0.363 e. The lowest BCUT2D eigenvalue weighted by Gasteiger charge is -2.10. The van der Waals surface area contributed by atoms with Crippen molar-refractivity contribution in [3.05, 3.63) is 99.2 Å². The van der Waals surface area contributed by atoms with E-state index in [1.807, 2.05) is 31.2 Å². The van der Waals surface area contributed by atoms with E-state index in [-0.39, 0.29) is 17.3 Å². The van der Waals surface area contributed by atoms with Crippen LogP contribution in [0.5, 0.6) is 11.5 Å². The van der Waals surface area contributed by atoms with Crippen LogP contribution in [0.25, 0.3) is 6.08 Å². The Balaban J connectivity index is 1.58. The van der Waals surface area contributed by atoms with Crippen LogP contribution in [0.1, 0.15) is 27.0 Å². The van der Waals surface area contributed by atoms with Crippen molar-refractivity contribution in [2.24, 2.45) is 4.99 Å². The van der Waals surface area contributed by atoms with Gasteiger partial charge >= 0.3 is 11.9 Å². The number of carbonyl (C=O) groups is 2. The molecule has 6 nitrogen and oxygen atoms in total. The van der Waals surface area contributed by atoms with Gasteiger partial charge in [-0.2, -0.15) is 0 Å². The zero-order valence-electron chi connectivity index (χ0n) is 17.3. The highest BCUT2D eigenvalue weighted by Gasteiger charge is 2.24. The molecule has 0 saturated heterocycles. The molecule has 1 heterocycles. The summed E-state index contributed by atoms with van der Waals surface area (Å²) < 4.78 is 17.0. The minimum absolute atomic E-state index is 0.159. The lowest BCUT2D eigenvalue weighted by Crippen LogP contribution is -2.09. The molecule has 1 aliphatic rings. The van der Waals surface area contributed by atoms with Gasteiger partial charge in [0.2, 0.25) is 5.90 Å². The van der Waals surface area contributed by atoms with E-state index in [0.29, 0.717) is 22.4 Å². The molecule has 4 rings (SSSR count). The number of rotatable bonds is 5. The van der Waals surface area contributed by atoms with Gasteiger partial charge in [-0.3, -0.25) is 0 Å². The van der Waals surface area contributed by atoms with Crippen LogP contribution in [0.15, 0.2) is 81.9 Å². The summed E-state index contributed by atoms with van der Waals surface area (Å²) in [5.41, 5.74) is 2.89. The first-order chi connectivity index (χ1) is 15.4. The van der Waals surface area contributed by atoms with Crippen LogP contribution in [-0.2, 0) is 9.53 Å². The van der Waals surface area contributed by atoms with Crippen molar-refractivity contribution >= 4 is 39.8 Å². The van der Waals surface area contributed by atoms with Crippen LogP contribution >= 0.6 is 15.9 Å². The number of benzene rings is 3. The Bertz CT molecular complexity index is 1280. The fraction of sp³-hybridized carbons (Fsp3) is 0.0800. The van der Waals surface area contributed by atoms with Gasteiger partial charge in [0.15, 0.2) is 17.2 Å². The second-order valence-corrected chi connectivity index (χ2v) is 7.93. The monoisotopic (exact) mass is 491 g/mol. The number of aliphatic imine (C=N–C) groups is 1. The van der Waals surface area contributed by atoms with Crippen molar-refractivity contribution in [1.29, 1.82) is 0 Å². The number of methoxy groups -OCH3 is 1. The average Bonchev–Trinajstić information content (AvgIpc) is 3.15. The molecule has 1 aliphatic heterocycles. The summed E-state index contributed by atoms with van der Waals surface area (Å²) in [4.78, 5) is 29.1. The largest absolute Gasteiger partial charge is 0.493 e. The molecule has 0 atom stereocenters. The third-order valence-electron chi connectivity index (χ3n) is 4.64. The van der Waals surface area contributed by atoms with Crippen LogP contribution < -0.4 is 9.47 Å². The summed E-state index contributed by atoms with van der Waals surface area (Å²) in [6, 6.07) is 19.4. The number of aryl methyl sites for hydroxylation is 1. The molecule has 160 valence electrons. The number of hydrogen-bond acceptors (Lipinski definition) is 6. The maximum atomic E-state index is 12.5. The number of ether oxygens (including phenoxy) is 3. The Morgan fingerprint density at radius 1 is 1.03 bits per heavy atom. The first-order valence-corrected chi connectivity index (χ1v) is 10.5. The molecule has 0 unspecified atom stereocenters. The molecule has 0 spiro atoms. The minimum atomic E-state index is -0.547. The van der Waals surface area contributed by atoms with E-state index in [1.54, 1.807) is 48.5 Å². The molecule has 0 bridgehead atoms. The number of hydrogen-bond donors (Lipinski definition) is 0. The molecule has 32 heavy (non-hydrogen) atoms. The average molecular weight is 492 g/mol. The summed E-state index contributed by atoms with van der Waals surface area (Å²) >= 11 is 3.39. The first kappa shape index (κ1) is 21.5. The van der Waals surface area contributed by atoms with E-state index in [0.717, 1.165) is 10.0 Å². The quantitative estimate of drug-likeness (QED) is 0.274. The van der Waals surface area contributed by atoms with Gasteiger partial charge in [-0.15, -0.1) is 0 Å². The van der Waals surface area contributed by atoms with E-state index >= 15 is 0 Å². The predicted molar refractivity (Wildman–Crippen MR) is 124 cm³/mol. The van der Waals surface area contributed by atoms with E-state index in [4.69, 9.17) is 14.2 Å². The van der Waals surface area contributed by atoms with Gasteiger partial charge in [0.1, 0.15) is 0 Å². The molecule has 0 aliphatic carbocycles. The minimum Gasteiger partial charge on any atom is -0.493 e. The summed E-state index contributed by atoms with van der Waals surface area (Å²) in [5, 5.41) is 0. The van der Waals surface area contributed by atoms with Gasteiger partial charge in [0.05, 0.1) is 12.7 Å². The van der Waals surface area contributed by atoms with Crippen molar-refractivity contribution in [2.45, 2.75) is 6.92 Å². The highest BCUT2D eigenvalue weighted by Crippen LogP contribution is 2.30. The maximum absolute atomic E-state index is 12.5. The topological polar surface area (TPSA) is 74.2 Å². The number of esters is 2. The van der Waals surface area contributed by atoms with Crippen molar-refractivity contribution in [1.82, 2.24) is 0 Å². The van der Waals surface area contributed by atoms with Crippen molar-refractivity contribution < 1.29 is 23.8 Å². The zero-order chi connectivity index (χ0) is 22.7. The normalized spacial score (nSPS) is 14.2. The highest BCUT2D eigenvalue weighted by molar-refractivity contribution is 9.10. The molecule has 7 heteroatoms. The number of halogens is 1. The third-order valence-corrected chi connectivity index (χ3v) is 5.13. The van der Waals surface area contributed by atoms with Gasteiger partial charge in [-0.05, 0) is 61.0 Å².